The number of benzene rings is 1. The zero-order valence-electron chi connectivity index (χ0n) is 8.41. The molecular weight excluding hydrogens is 206 g/mol. The number of rotatable bonds is 2. The molecule has 0 spiro atoms. The first-order chi connectivity index (χ1) is 7.70. The summed E-state index contributed by atoms with van der Waals surface area (Å²) < 4.78 is 0. The molecule has 1 heterocycles. The van der Waals surface area contributed by atoms with E-state index in [9.17, 15) is 15.3 Å². The van der Waals surface area contributed by atoms with E-state index >= 15 is 0 Å². The first-order valence-corrected chi connectivity index (χ1v) is 4.79. The highest BCUT2D eigenvalue weighted by molar-refractivity contribution is 5.47. The Morgan fingerprint density at radius 1 is 1.00 bits per heavy atom. The Morgan fingerprint density at radius 2 is 1.69 bits per heavy atom. The number of aliphatic hydroxyl groups excluding tert-OH is 1. The molecule has 4 heteroatoms. The Morgan fingerprint density at radius 3 is 2.25 bits per heavy atom. The maximum atomic E-state index is 9.99. The highest BCUT2D eigenvalue weighted by atomic mass is 16.3. The lowest BCUT2D eigenvalue weighted by Crippen LogP contribution is -2.00. The van der Waals surface area contributed by atoms with Crippen LogP contribution in [-0.2, 0) is 0 Å². The zero-order chi connectivity index (χ0) is 11.5. The van der Waals surface area contributed by atoms with Crippen LogP contribution in [0.2, 0.25) is 0 Å². The number of aliphatic hydroxyl groups is 1. The second kappa shape index (κ2) is 4.20. The summed E-state index contributed by atoms with van der Waals surface area (Å²) in [6, 6.07) is 7.67. The van der Waals surface area contributed by atoms with Crippen molar-refractivity contribution in [1.29, 1.82) is 0 Å². The van der Waals surface area contributed by atoms with Gasteiger partial charge in [0.25, 0.3) is 0 Å². The van der Waals surface area contributed by atoms with Gasteiger partial charge in [0.15, 0.2) is 0 Å². The van der Waals surface area contributed by atoms with Gasteiger partial charge in [0.1, 0.15) is 17.6 Å². The van der Waals surface area contributed by atoms with E-state index in [2.05, 4.69) is 4.98 Å². The van der Waals surface area contributed by atoms with Gasteiger partial charge in [0, 0.05) is 18.0 Å². The lowest BCUT2D eigenvalue weighted by molar-refractivity contribution is 0.210. The molecule has 4 nitrogen and oxygen atoms in total. The molecule has 82 valence electrons. The van der Waals surface area contributed by atoms with E-state index in [4.69, 9.17) is 0 Å². The third-order valence-electron chi connectivity index (χ3n) is 2.33. The summed E-state index contributed by atoms with van der Waals surface area (Å²) in [4.78, 5) is 3.87. The van der Waals surface area contributed by atoms with Crippen molar-refractivity contribution < 1.29 is 15.3 Å². The molecule has 0 aliphatic rings. The number of aromatic nitrogens is 1. The van der Waals surface area contributed by atoms with E-state index in [-0.39, 0.29) is 17.1 Å². The zero-order valence-corrected chi connectivity index (χ0v) is 8.41. The summed E-state index contributed by atoms with van der Waals surface area (Å²) >= 11 is 0. The van der Waals surface area contributed by atoms with Gasteiger partial charge in [-0.2, -0.15) is 0 Å². The fraction of sp³-hybridized carbons (Fsp3) is 0.0833. The van der Waals surface area contributed by atoms with Crippen LogP contribution in [0.25, 0.3) is 0 Å². The minimum Gasteiger partial charge on any atom is -0.507 e. The van der Waals surface area contributed by atoms with Crippen molar-refractivity contribution >= 4 is 0 Å². The highest BCUT2D eigenvalue weighted by Crippen LogP contribution is 2.35. The molecule has 0 amide bonds. The van der Waals surface area contributed by atoms with Gasteiger partial charge in [-0.05, 0) is 18.2 Å². The van der Waals surface area contributed by atoms with Crippen molar-refractivity contribution in [3.63, 3.8) is 0 Å². The summed E-state index contributed by atoms with van der Waals surface area (Å²) in [6.07, 6.45) is 1.98. The summed E-state index contributed by atoms with van der Waals surface area (Å²) in [6.45, 7) is 0. The van der Waals surface area contributed by atoms with Crippen molar-refractivity contribution in [3.8, 4) is 11.5 Å². The number of aromatic hydroxyl groups is 2. The van der Waals surface area contributed by atoms with Gasteiger partial charge in [-0.1, -0.05) is 12.1 Å². The molecule has 2 aromatic rings. The molecule has 2 rings (SSSR count). The standard InChI is InChI=1S/C12H11NO3/c14-9-4-1-5-10(15)11(9)12(16)8-3-2-6-13-7-8/h1-7,12,14-16H. The van der Waals surface area contributed by atoms with Gasteiger partial charge >= 0.3 is 0 Å². The smallest absolute Gasteiger partial charge is 0.125 e. The predicted octanol–water partition coefficient (Wildman–Crippen LogP) is 1.57. The highest BCUT2D eigenvalue weighted by Gasteiger charge is 2.18. The van der Waals surface area contributed by atoms with E-state index in [0.717, 1.165) is 0 Å². The van der Waals surface area contributed by atoms with E-state index in [1.807, 2.05) is 0 Å². The van der Waals surface area contributed by atoms with Crippen molar-refractivity contribution in [2.24, 2.45) is 0 Å². The van der Waals surface area contributed by atoms with Gasteiger partial charge in [-0.25, -0.2) is 0 Å². The number of hydrogen-bond donors (Lipinski definition) is 3. The largest absolute Gasteiger partial charge is 0.507 e. The van der Waals surface area contributed by atoms with Crippen LogP contribution in [0.5, 0.6) is 11.5 Å². The lowest BCUT2D eigenvalue weighted by atomic mass is 10.0. The Labute approximate surface area is 92.5 Å². The van der Waals surface area contributed by atoms with Gasteiger partial charge in [0.05, 0.1) is 5.56 Å². The molecule has 3 N–H and O–H groups in total. The molecule has 0 aliphatic heterocycles. The molecule has 0 saturated heterocycles. The van der Waals surface area contributed by atoms with E-state index < -0.39 is 6.10 Å². The van der Waals surface area contributed by atoms with Crippen LogP contribution in [-0.4, -0.2) is 20.3 Å². The number of phenols is 2. The fourth-order valence-corrected chi connectivity index (χ4v) is 1.53. The van der Waals surface area contributed by atoms with E-state index in [0.29, 0.717) is 5.56 Å². The van der Waals surface area contributed by atoms with Crippen LogP contribution in [0.4, 0.5) is 0 Å². The van der Waals surface area contributed by atoms with E-state index in [1.165, 1.54) is 24.4 Å². The second-order valence-corrected chi connectivity index (χ2v) is 3.40. The summed E-state index contributed by atoms with van der Waals surface area (Å²) in [5, 5.41) is 29.2. The van der Waals surface area contributed by atoms with Crippen molar-refractivity contribution in [3.05, 3.63) is 53.9 Å². The van der Waals surface area contributed by atoms with Gasteiger partial charge in [-0.15, -0.1) is 0 Å². The monoisotopic (exact) mass is 217 g/mol. The molecule has 0 radical (unpaired) electrons. The molecule has 16 heavy (non-hydrogen) atoms. The van der Waals surface area contributed by atoms with Crippen molar-refractivity contribution in [2.75, 3.05) is 0 Å². The quantitative estimate of drug-likeness (QED) is 0.714. The average molecular weight is 217 g/mol. The molecule has 0 saturated carbocycles. The van der Waals surface area contributed by atoms with E-state index in [1.54, 1.807) is 18.3 Å². The summed E-state index contributed by atoms with van der Waals surface area (Å²) in [5.41, 5.74) is 0.606. The Kier molecular flexibility index (Phi) is 2.74. The number of hydrogen-bond acceptors (Lipinski definition) is 4. The molecular formula is C12H11NO3. The van der Waals surface area contributed by atoms with Crippen LogP contribution < -0.4 is 0 Å². The van der Waals surface area contributed by atoms with Crippen molar-refractivity contribution in [2.45, 2.75) is 6.10 Å². The fourth-order valence-electron chi connectivity index (χ4n) is 1.53. The first-order valence-electron chi connectivity index (χ1n) is 4.79. The van der Waals surface area contributed by atoms with Crippen LogP contribution in [0.3, 0.4) is 0 Å². The topological polar surface area (TPSA) is 73.6 Å². The number of pyridine rings is 1. The summed E-state index contributed by atoms with van der Waals surface area (Å²) in [5.74, 6) is -0.285. The lowest BCUT2D eigenvalue weighted by Gasteiger charge is -2.13. The second-order valence-electron chi connectivity index (χ2n) is 3.40. The van der Waals surface area contributed by atoms with Crippen LogP contribution >= 0.6 is 0 Å². The Balaban J connectivity index is 2.46. The third kappa shape index (κ3) is 1.83. The Hall–Kier alpha value is -2.07. The summed E-state index contributed by atoms with van der Waals surface area (Å²) in [7, 11) is 0. The van der Waals surface area contributed by atoms with Crippen LogP contribution in [0.1, 0.15) is 17.2 Å². The van der Waals surface area contributed by atoms with Crippen molar-refractivity contribution in [1.82, 2.24) is 4.98 Å². The minimum atomic E-state index is -1.09. The third-order valence-corrected chi connectivity index (χ3v) is 2.33. The molecule has 0 bridgehead atoms. The number of phenolic OH excluding ortho intramolecular Hbond substituents is 2. The predicted molar refractivity (Wildman–Crippen MR) is 58.1 cm³/mol. The van der Waals surface area contributed by atoms with Crippen LogP contribution in [0.15, 0.2) is 42.7 Å². The first kappa shape index (κ1) is 10.4. The molecule has 1 unspecified atom stereocenters. The SMILES string of the molecule is Oc1cccc(O)c1C(O)c1cccnc1. The molecule has 1 atom stereocenters. The normalized spacial score (nSPS) is 12.3. The molecule has 0 aliphatic carbocycles. The Bertz CT molecular complexity index is 465. The maximum Gasteiger partial charge on any atom is 0.125 e. The van der Waals surface area contributed by atoms with Gasteiger partial charge < -0.3 is 15.3 Å². The van der Waals surface area contributed by atoms with Gasteiger partial charge in [0.2, 0.25) is 0 Å². The maximum absolute atomic E-state index is 9.99. The average Bonchev–Trinajstić information content (AvgIpc) is 2.30. The van der Waals surface area contributed by atoms with Crippen LogP contribution in [0, 0.1) is 0 Å². The number of nitrogens with zero attached hydrogens (tertiary/aromatic N) is 1. The molecule has 1 aromatic heterocycles. The molecule has 1 aromatic carbocycles. The minimum absolute atomic E-state index is 0.0931. The van der Waals surface area contributed by atoms with Gasteiger partial charge in [-0.3, -0.25) is 4.98 Å². The molecule has 0 fully saturated rings.